The third-order valence-corrected chi connectivity index (χ3v) is 3.75. The van der Waals surface area contributed by atoms with E-state index in [-0.39, 0.29) is 17.9 Å². The highest BCUT2D eigenvalue weighted by atomic mass is 79.9. The van der Waals surface area contributed by atoms with Crippen LogP contribution in [0.5, 0.6) is 0 Å². The van der Waals surface area contributed by atoms with E-state index < -0.39 is 0 Å². The number of amides is 1. The molecule has 0 radical (unpaired) electrons. The molecule has 4 nitrogen and oxygen atoms in total. The topological polar surface area (TPSA) is 53.4 Å². The number of carbonyl (C=O) groups excluding carboxylic acids is 1. The second-order valence-electron chi connectivity index (χ2n) is 4.42. The van der Waals surface area contributed by atoms with E-state index in [2.05, 4.69) is 20.9 Å². The van der Waals surface area contributed by atoms with Crippen molar-refractivity contribution in [3.8, 4) is 0 Å². The predicted octanol–water partition coefficient (Wildman–Crippen LogP) is 1.69. The van der Waals surface area contributed by atoms with Crippen LogP contribution >= 0.6 is 15.9 Å². The zero-order valence-corrected chi connectivity index (χ0v) is 11.2. The molecule has 1 amide bonds. The fourth-order valence-corrected chi connectivity index (χ4v) is 2.44. The van der Waals surface area contributed by atoms with Gasteiger partial charge < -0.3 is 10.0 Å². The van der Waals surface area contributed by atoms with Crippen LogP contribution in [0.3, 0.4) is 0 Å². The third kappa shape index (κ3) is 2.66. The molecule has 17 heavy (non-hydrogen) atoms. The van der Waals surface area contributed by atoms with Crippen molar-refractivity contribution in [1.82, 2.24) is 9.88 Å². The van der Waals surface area contributed by atoms with E-state index in [0.717, 1.165) is 0 Å². The van der Waals surface area contributed by atoms with Crippen molar-refractivity contribution in [3.05, 3.63) is 28.5 Å². The van der Waals surface area contributed by atoms with E-state index in [1.54, 1.807) is 17.2 Å². The van der Waals surface area contributed by atoms with E-state index in [1.165, 1.54) is 0 Å². The second-order valence-corrected chi connectivity index (χ2v) is 5.27. The molecule has 2 atom stereocenters. The molecule has 92 valence electrons. The second kappa shape index (κ2) is 5.14. The van der Waals surface area contributed by atoms with Crippen molar-refractivity contribution in [2.24, 2.45) is 5.92 Å². The first-order chi connectivity index (χ1) is 8.09. The van der Waals surface area contributed by atoms with Gasteiger partial charge in [-0.2, -0.15) is 0 Å². The van der Waals surface area contributed by atoms with Crippen molar-refractivity contribution in [3.63, 3.8) is 0 Å². The number of nitrogens with zero attached hydrogens (tertiary/aromatic N) is 2. The van der Waals surface area contributed by atoms with E-state index in [1.807, 2.05) is 13.0 Å². The van der Waals surface area contributed by atoms with Crippen LogP contribution in [0.25, 0.3) is 0 Å². The lowest BCUT2D eigenvalue weighted by Crippen LogP contribution is -2.45. The molecular weight excluding hydrogens is 284 g/mol. The van der Waals surface area contributed by atoms with Gasteiger partial charge in [-0.1, -0.05) is 6.92 Å². The van der Waals surface area contributed by atoms with Gasteiger partial charge in [-0.15, -0.1) is 0 Å². The maximum atomic E-state index is 12.2. The van der Waals surface area contributed by atoms with Gasteiger partial charge in [0.05, 0.1) is 6.10 Å². The molecule has 1 aromatic rings. The number of hydrogen-bond acceptors (Lipinski definition) is 3. The van der Waals surface area contributed by atoms with Gasteiger partial charge in [0.2, 0.25) is 0 Å². The Balaban J connectivity index is 2.14. The molecule has 0 aromatic carbocycles. The highest BCUT2D eigenvalue weighted by molar-refractivity contribution is 9.10. The minimum absolute atomic E-state index is 0.0729. The quantitative estimate of drug-likeness (QED) is 0.858. The molecule has 1 aliphatic rings. The Labute approximate surface area is 109 Å². The van der Waals surface area contributed by atoms with E-state index in [0.29, 0.717) is 29.7 Å². The number of aliphatic hydroxyl groups is 1. The van der Waals surface area contributed by atoms with Crippen molar-refractivity contribution in [1.29, 1.82) is 0 Å². The number of hydrogen-bond donors (Lipinski definition) is 1. The molecule has 0 saturated carbocycles. The van der Waals surface area contributed by atoms with Crippen LogP contribution in [0.15, 0.2) is 22.8 Å². The van der Waals surface area contributed by atoms with Crippen LogP contribution in [0.1, 0.15) is 23.8 Å². The number of piperidine rings is 1. The maximum Gasteiger partial charge on any atom is 0.273 e. The SMILES string of the molecule is CC1CN(C(=O)c2ncccc2Br)CCC1O. The molecule has 0 aliphatic carbocycles. The predicted molar refractivity (Wildman–Crippen MR) is 67.6 cm³/mol. The number of pyridine rings is 1. The van der Waals surface area contributed by atoms with Crippen molar-refractivity contribution < 1.29 is 9.90 Å². The molecular formula is C12H15BrN2O2. The maximum absolute atomic E-state index is 12.2. The number of aliphatic hydroxyl groups excluding tert-OH is 1. The molecule has 0 spiro atoms. The number of carbonyl (C=O) groups is 1. The standard InChI is InChI=1S/C12H15BrN2O2/c1-8-7-15(6-4-10(8)16)12(17)11-9(13)3-2-5-14-11/h2-3,5,8,10,16H,4,6-7H2,1H3. The summed E-state index contributed by atoms with van der Waals surface area (Å²) in [5.74, 6) is 0.0476. The Morgan fingerprint density at radius 2 is 2.41 bits per heavy atom. The largest absolute Gasteiger partial charge is 0.393 e. The van der Waals surface area contributed by atoms with Gasteiger partial charge in [0.25, 0.3) is 5.91 Å². The Morgan fingerprint density at radius 1 is 1.65 bits per heavy atom. The molecule has 0 bridgehead atoms. The molecule has 1 aromatic heterocycles. The molecule has 2 heterocycles. The fraction of sp³-hybridized carbons (Fsp3) is 0.500. The van der Waals surface area contributed by atoms with Crippen molar-refractivity contribution in [2.75, 3.05) is 13.1 Å². The lowest BCUT2D eigenvalue weighted by Gasteiger charge is -2.34. The first-order valence-corrected chi connectivity index (χ1v) is 6.46. The first kappa shape index (κ1) is 12.5. The summed E-state index contributed by atoms with van der Waals surface area (Å²) in [6, 6.07) is 3.59. The Kier molecular flexibility index (Phi) is 3.79. The minimum Gasteiger partial charge on any atom is -0.393 e. The van der Waals surface area contributed by atoms with Crippen LogP contribution in [0.4, 0.5) is 0 Å². The van der Waals surface area contributed by atoms with Crippen LogP contribution < -0.4 is 0 Å². The average Bonchev–Trinajstić information content (AvgIpc) is 2.32. The summed E-state index contributed by atoms with van der Waals surface area (Å²) in [7, 11) is 0. The van der Waals surface area contributed by atoms with Crippen LogP contribution in [0.2, 0.25) is 0 Å². The van der Waals surface area contributed by atoms with Gasteiger partial charge in [0.15, 0.2) is 0 Å². The fourth-order valence-electron chi connectivity index (χ4n) is 2.01. The monoisotopic (exact) mass is 298 g/mol. The highest BCUT2D eigenvalue weighted by Crippen LogP contribution is 2.21. The summed E-state index contributed by atoms with van der Waals surface area (Å²) < 4.78 is 0.712. The molecule has 1 saturated heterocycles. The molecule has 1 fully saturated rings. The van der Waals surface area contributed by atoms with E-state index in [9.17, 15) is 9.90 Å². The molecule has 1 N–H and O–H groups in total. The van der Waals surface area contributed by atoms with Crippen molar-refractivity contribution >= 4 is 21.8 Å². The summed E-state index contributed by atoms with van der Waals surface area (Å²) in [5, 5.41) is 9.64. The number of likely N-dealkylation sites (tertiary alicyclic amines) is 1. The summed E-state index contributed by atoms with van der Waals surface area (Å²) in [5.41, 5.74) is 0.441. The first-order valence-electron chi connectivity index (χ1n) is 5.67. The lowest BCUT2D eigenvalue weighted by molar-refractivity contribution is 0.0293. The minimum atomic E-state index is -0.300. The van der Waals surface area contributed by atoms with Gasteiger partial charge in [0, 0.05) is 23.8 Å². The van der Waals surface area contributed by atoms with E-state index in [4.69, 9.17) is 0 Å². The van der Waals surface area contributed by atoms with Gasteiger partial charge in [-0.05, 0) is 40.4 Å². The molecule has 2 rings (SSSR count). The lowest BCUT2D eigenvalue weighted by atomic mass is 9.96. The van der Waals surface area contributed by atoms with Gasteiger partial charge >= 0.3 is 0 Å². The number of halogens is 1. The smallest absolute Gasteiger partial charge is 0.273 e. The van der Waals surface area contributed by atoms with Crippen LogP contribution in [0, 0.1) is 5.92 Å². The molecule has 2 unspecified atom stereocenters. The summed E-state index contributed by atoms with van der Waals surface area (Å²) in [6.45, 7) is 3.13. The van der Waals surface area contributed by atoms with Crippen LogP contribution in [-0.2, 0) is 0 Å². The third-order valence-electron chi connectivity index (χ3n) is 3.11. The summed E-state index contributed by atoms with van der Waals surface area (Å²) >= 11 is 3.33. The summed E-state index contributed by atoms with van der Waals surface area (Å²) in [4.78, 5) is 18.1. The number of rotatable bonds is 1. The van der Waals surface area contributed by atoms with Gasteiger partial charge in [-0.25, -0.2) is 4.98 Å². The van der Waals surface area contributed by atoms with Crippen molar-refractivity contribution in [2.45, 2.75) is 19.4 Å². The van der Waals surface area contributed by atoms with Crippen LogP contribution in [-0.4, -0.2) is 40.1 Å². The zero-order chi connectivity index (χ0) is 12.4. The van der Waals surface area contributed by atoms with Gasteiger partial charge in [-0.3, -0.25) is 4.79 Å². The Morgan fingerprint density at radius 3 is 3.06 bits per heavy atom. The molecule has 5 heteroatoms. The zero-order valence-electron chi connectivity index (χ0n) is 9.64. The normalized spacial score (nSPS) is 24.8. The van der Waals surface area contributed by atoms with Gasteiger partial charge in [0.1, 0.15) is 5.69 Å². The number of aromatic nitrogens is 1. The highest BCUT2D eigenvalue weighted by Gasteiger charge is 2.28. The Hall–Kier alpha value is -0.940. The average molecular weight is 299 g/mol. The Bertz CT molecular complexity index is 425. The van der Waals surface area contributed by atoms with E-state index >= 15 is 0 Å². The molecule has 1 aliphatic heterocycles. The summed E-state index contributed by atoms with van der Waals surface area (Å²) in [6.07, 6.45) is 1.95.